The molecule has 0 unspecified atom stereocenters. The second kappa shape index (κ2) is 6.12. The topological polar surface area (TPSA) is 65.2 Å². The predicted octanol–water partition coefficient (Wildman–Crippen LogP) is 3.00. The molecule has 0 fully saturated rings. The van der Waals surface area contributed by atoms with Crippen LogP contribution in [0.3, 0.4) is 0 Å². The minimum absolute atomic E-state index is 0.102. The molecule has 0 saturated carbocycles. The SMILES string of the molecule is CCOC(=O)c1noc(Cc2cc(C(F)(F)F)ccc2F)n1. The fourth-order valence-electron chi connectivity index (χ4n) is 1.65. The summed E-state index contributed by atoms with van der Waals surface area (Å²) in [6, 6.07) is 2.00. The maximum absolute atomic E-state index is 13.6. The Labute approximate surface area is 121 Å². The van der Waals surface area contributed by atoms with Crippen molar-refractivity contribution in [2.45, 2.75) is 19.5 Å². The number of benzene rings is 1. The van der Waals surface area contributed by atoms with Crippen LogP contribution in [0.2, 0.25) is 0 Å². The lowest BCUT2D eigenvalue weighted by Crippen LogP contribution is -2.07. The van der Waals surface area contributed by atoms with Crippen molar-refractivity contribution < 1.29 is 31.6 Å². The number of nitrogens with zero attached hydrogens (tertiary/aromatic N) is 2. The molecule has 0 N–H and O–H groups in total. The summed E-state index contributed by atoms with van der Waals surface area (Å²) in [5.74, 6) is -2.24. The van der Waals surface area contributed by atoms with Crippen LogP contribution in [-0.4, -0.2) is 22.7 Å². The van der Waals surface area contributed by atoms with Crippen LogP contribution in [0.4, 0.5) is 17.6 Å². The minimum atomic E-state index is -4.59. The molecular formula is C13H10F4N2O3. The second-order valence-corrected chi connectivity index (χ2v) is 4.21. The van der Waals surface area contributed by atoms with Crippen molar-refractivity contribution in [3.63, 3.8) is 0 Å². The highest BCUT2D eigenvalue weighted by atomic mass is 19.4. The fourth-order valence-corrected chi connectivity index (χ4v) is 1.65. The van der Waals surface area contributed by atoms with Crippen molar-refractivity contribution in [2.75, 3.05) is 6.61 Å². The lowest BCUT2D eigenvalue weighted by molar-refractivity contribution is -0.137. The molecule has 1 heterocycles. The number of hydrogen-bond donors (Lipinski definition) is 0. The molecule has 1 aromatic carbocycles. The lowest BCUT2D eigenvalue weighted by atomic mass is 10.1. The standard InChI is InChI=1S/C13H10F4N2O3/c1-2-21-12(20)11-18-10(22-19-11)6-7-5-8(13(15,16)17)3-4-9(7)14/h3-5H,2,6H2,1H3. The van der Waals surface area contributed by atoms with Crippen LogP contribution in [0, 0.1) is 5.82 Å². The Kier molecular flexibility index (Phi) is 4.43. The van der Waals surface area contributed by atoms with Gasteiger partial charge in [-0.25, -0.2) is 9.18 Å². The Bertz CT molecular complexity index is 682. The van der Waals surface area contributed by atoms with Crippen molar-refractivity contribution in [1.82, 2.24) is 10.1 Å². The summed E-state index contributed by atoms with van der Waals surface area (Å²) in [5.41, 5.74) is -1.26. The maximum atomic E-state index is 13.6. The molecule has 5 nitrogen and oxygen atoms in total. The normalized spacial score (nSPS) is 11.5. The summed E-state index contributed by atoms with van der Waals surface area (Å²) in [6.07, 6.45) is -4.96. The van der Waals surface area contributed by atoms with Crippen LogP contribution < -0.4 is 0 Å². The molecule has 0 aliphatic rings. The van der Waals surface area contributed by atoms with Gasteiger partial charge in [0, 0.05) is 0 Å². The zero-order valence-electron chi connectivity index (χ0n) is 11.3. The number of hydrogen-bond acceptors (Lipinski definition) is 5. The van der Waals surface area contributed by atoms with Gasteiger partial charge in [0.05, 0.1) is 18.6 Å². The Morgan fingerprint density at radius 3 is 2.73 bits per heavy atom. The van der Waals surface area contributed by atoms with Crippen LogP contribution in [0.1, 0.15) is 34.6 Å². The number of esters is 1. The predicted molar refractivity (Wildman–Crippen MR) is 64.5 cm³/mol. The Hall–Kier alpha value is -2.45. The van der Waals surface area contributed by atoms with E-state index in [1.807, 2.05) is 0 Å². The van der Waals surface area contributed by atoms with Crippen LogP contribution in [0.15, 0.2) is 22.7 Å². The van der Waals surface area contributed by atoms with Gasteiger partial charge in [0.1, 0.15) is 5.82 Å². The van der Waals surface area contributed by atoms with E-state index in [0.717, 1.165) is 0 Å². The summed E-state index contributed by atoms with van der Waals surface area (Å²) in [7, 11) is 0. The first-order valence-electron chi connectivity index (χ1n) is 6.16. The number of carbonyl (C=O) groups is 1. The molecule has 0 spiro atoms. The van der Waals surface area contributed by atoms with E-state index in [4.69, 9.17) is 4.52 Å². The van der Waals surface area contributed by atoms with E-state index in [9.17, 15) is 22.4 Å². The van der Waals surface area contributed by atoms with E-state index in [0.29, 0.717) is 18.2 Å². The summed E-state index contributed by atoms with van der Waals surface area (Å²) in [6.45, 7) is 1.68. The van der Waals surface area contributed by atoms with Crippen LogP contribution in [0.25, 0.3) is 0 Å². The van der Waals surface area contributed by atoms with Gasteiger partial charge in [-0.05, 0) is 35.8 Å². The first-order valence-corrected chi connectivity index (χ1v) is 6.16. The third kappa shape index (κ3) is 3.60. The molecule has 0 amide bonds. The third-order valence-corrected chi connectivity index (χ3v) is 2.64. The van der Waals surface area contributed by atoms with Crippen molar-refractivity contribution >= 4 is 5.97 Å². The molecule has 0 radical (unpaired) electrons. The van der Waals surface area contributed by atoms with E-state index in [1.54, 1.807) is 6.92 Å². The average Bonchev–Trinajstić information content (AvgIpc) is 2.89. The quantitative estimate of drug-likeness (QED) is 0.640. The summed E-state index contributed by atoms with van der Waals surface area (Å²) >= 11 is 0. The monoisotopic (exact) mass is 318 g/mol. The molecule has 0 aliphatic carbocycles. The zero-order valence-corrected chi connectivity index (χ0v) is 11.3. The van der Waals surface area contributed by atoms with Crippen LogP contribution in [-0.2, 0) is 17.3 Å². The number of alkyl halides is 3. The van der Waals surface area contributed by atoms with Gasteiger partial charge in [-0.15, -0.1) is 0 Å². The Morgan fingerprint density at radius 1 is 1.36 bits per heavy atom. The van der Waals surface area contributed by atoms with E-state index in [-0.39, 0.29) is 30.3 Å². The van der Waals surface area contributed by atoms with Crippen molar-refractivity contribution in [1.29, 1.82) is 0 Å². The van der Waals surface area contributed by atoms with Gasteiger partial charge in [0.15, 0.2) is 0 Å². The molecule has 2 rings (SSSR count). The number of ether oxygens (including phenoxy) is 1. The second-order valence-electron chi connectivity index (χ2n) is 4.21. The van der Waals surface area contributed by atoms with Gasteiger partial charge in [0.2, 0.25) is 5.89 Å². The molecule has 0 saturated heterocycles. The number of rotatable bonds is 4. The lowest BCUT2D eigenvalue weighted by Gasteiger charge is -2.08. The third-order valence-electron chi connectivity index (χ3n) is 2.64. The van der Waals surface area contributed by atoms with Crippen molar-refractivity contribution in [2.24, 2.45) is 0 Å². The first kappa shape index (κ1) is 15.9. The molecule has 1 aromatic heterocycles. The molecule has 2 aromatic rings. The van der Waals surface area contributed by atoms with Crippen molar-refractivity contribution in [3.05, 3.63) is 46.9 Å². The molecule has 9 heteroatoms. The van der Waals surface area contributed by atoms with Gasteiger partial charge >= 0.3 is 12.1 Å². The molecule has 0 atom stereocenters. The molecule has 0 bridgehead atoms. The van der Waals surface area contributed by atoms with Gasteiger partial charge < -0.3 is 9.26 Å². The minimum Gasteiger partial charge on any atom is -0.460 e. The van der Waals surface area contributed by atoms with Crippen LogP contribution in [0.5, 0.6) is 0 Å². The van der Waals surface area contributed by atoms with E-state index in [2.05, 4.69) is 14.9 Å². The maximum Gasteiger partial charge on any atom is 0.416 e. The van der Waals surface area contributed by atoms with E-state index < -0.39 is 23.5 Å². The first-order chi connectivity index (χ1) is 10.3. The molecule has 0 aliphatic heterocycles. The average molecular weight is 318 g/mol. The summed E-state index contributed by atoms with van der Waals surface area (Å²) in [4.78, 5) is 15.0. The van der Waals surface area contributed by atoms with Gasteiger partial charge in [-0.2, -0.15) is 18.2 Å². The highest BCUT2D eigenvalue weighted by Crippen LogP contribution is 2.30. The number of halogens is 4. The highest BCUT2D eigenvalue weighted by Gasteiger charge is 2.31. The Balaban J connectivity index is 2.22. The van der Waals surface area contributed by atoms with Gasteiger partial charge in [0.25, 0.3) is 5.82 Å². The van der Waals surface area contributed by atoms with E-state index >= 15 is 0 Å². The highest BCUT2D eigenvalue weighted by molar-refractivity contribution is 5.84. The largest absolute Gasteiger partial charge is 0.460 e. The summed E-state index contributed by atoms with van der Waals surface area (Å²) in [5, 5.41) is 3.33. The molecular weight excluding hydrogens is 308 g/mol. The molecule has 22 heavy (non-hydrogen) atoms. The number of carbonyl (C=O) groups excluding carboxylic acids is 1. The fraction of sp³-hybridized carbons (Fsp3) is 0.308. The Morgan fingerprint density at radius 2 is 2.09 bits per heavy atom. The number of aromatic nitrogens is 2. The van der Waals surface area contributed by atoms with Gasteiger partial charge in [-0.1, -0.05) is 0 Å². The molecule has 118 valence electrons. The van der Waals surface area contributed by atoms with Crippen molar-refractivity contribution in [3.8, 4) is 0 Å². The van der Waals surface area contributed by atoms with Gasteiger partial charge in [-0.3, -0.25) is 0 Å². The van der Waals surface area contributed by atoms with E-state index in [1.165, 1.54) is 0 Å². The summed E-state index contributed by atoms with van der Waals surface area (Å²) < 4.78 is 60.7. The van der Waals surface area contributed by atoms with Crippen LogP contribution >= 0.6 is 0 Å². The zero-order chi connectivity index (χ0) is 16.3. The smallest absolute Gasteiger partial charge is 0.416 e.